The van der Waals surface area contributed by atoms with Gasteiger partial charge in [-0.1, -0.05) is 41.9 Å². The Bertz CT molecular complexity index is 604. The summed E-state index contributed by atoms with van der Waals surface area (Å²) in [5, 5.41) is 7.40. The third kappa shape index (κ3) is 3.76. The van der Waals surface area contributed by atoms with Crippen LogP contribution in [0.25, 0.3) is 0 Å². The molecule has 3 nitrogen and oxygen atoms in total. The molecule has 108 valence electrons. The van der Waals surface area contributed by atoms with Gasteiger partial charge < -0.3 is 4.90 Å². The second kappa shape index (κ2) is 6.64. The zero-order valence-electron chi connectivity index (χ0n) is 11.8. The highest BCUT2D eigenvalue weighted by molar-refractivity contribution is 6.30. The summed E-state index contributed by atoms with van der Waals surface area (Å²) in [7, 11) is 0. The van der Waals surface area contributed by atoms with Crippen molar-refractivity contribution in [2.75, 3.05) is 31.1 Å². The largest absolute Gasteiger partial charge is 0.368 e. The van der Waals surface area contributed by atoms with E-state index < -0.39 is 0 Å². The van der Waals surface area contributed by atoms with Gasteiger partial charge in [0.2, 0.25) is 0 Å². The van der Waals surface area contributed by atoms with Crippen molar-refractivity contribution < 1.29 is 0 Å². The van der Waals surface area contributed by atoms with E-state index in [1.807, 2.05) is 30.5 Å². The van der Waals surface area contributed by atoms with Crippen LogP contribution in [0.3, 0.4) is 0 Å². The molecule has 4 heteroatoms. The lowest BCUT2D eigenvalue weighted by molar-refractivity contribution is 0.272. The van der Waals surface area contributed by atoms with Gasteiger partial charge in [-0.3, -0.25) is 5.01 Å². The molecule has 0 N–H and O–H groups in total. The first-order valence-electron chi connectivity index (χ1n) is 7.16. The zero-order chi connectivity index (χ0) is 14.5. The average molecular weight is 300 g/mol. The molecule has 1 saturated heterocycles. The van der Waals surface area contributed by atoms with E-state index in [2.05, 4.69) is 45.3 Å². The number of rotatable bonds is 3. The second-order valence-electron chi connectivity index (χ2n) is 5.08. The molecule has 0 aliphatic carbocycles. The number of hydrogen-bond acceptors (Lipinski definition) is 3. The van der Waals surface area contributed by atoms with E-state index >= 15 is 0 Å². The lowest BCUT2D eigenvalue weighted by Gasteiger charge is -2.34. The van der Waals surface area contributed by atoms with Gasteiger partial charge in [0, 0.05) is 23.8 Å². The van der Waals surface area contributed by atoms with Crippen LogP contribution >= 0.6 is 11.6 Å². The minimum absolute atomic E-state index is 0.743. The molecule has 0 unspecified atom stereocenters. The molecule has 0 spiro atoms. The first-order chi connectivity index (χ1) is 10.3. The van der Waals surface area contributed by atoms with Crippen LogP contribution in [-0.2, 0) is 0 Å². The fraction of sp³-hybridized carbons (Fsp3) is 0.235. The van der Waals surface area contributed by atoms with Crippen molar-refractivity contribution in [1.29, 1.82) is 0 Å². The highest BCUT2D eigenvalue weighted by atomic mass is 35.5. The molecule has 0 bridgehead atoms. The minimum Gasteiger partial charge on any atom is -0.368 e. The van der Waals surface area contributed by atoms with Gasteiger partial charge in [0.25, 0.3) is 0 Å². The predicted molar refractivity (Wildman–Crippen MR) is 89.3 cm³/mol. The molecule has 3 rings (SSSR count). The molecule has 1 heterocycles. The van der Waals surface area contributed by atoms with Crippen molar-refractivity contribution >= 4 is 23.5 Å². The number of nitrogens with zero attached hydrogens (tertiary/aromatic N) is 3. The Hall–Kier alpha value is -2.00. The maximum absolute atomic E-state index is 5.97. The maximum Gasteiger partial charge on any atom is 0.0543 e. The van der Waals surface area contributed by atoms with E-state index in [9.17, 15) is 0 Å². The zero-order valence-corrected chi connectivity index (χ0v) is 12.6. The number of halogens is 1. The van der Waals surface area contributed by atoms with Crippen LogP contribution in [0.1, 0.15) is 5.56 Å². The average Bonchev–Trinajstić information content (AvgIpc) is 2.54. The summed E-state index contributed by atoms with van der Waals surface area (Å²) in [6.45, 7) is 3.87. The van der Waals surface area contributed by atoms with Gasteiger partial charge in [0.05, 0.1) is 19.3 Å². The highest BCUT2D eigenvalue weighted by Gasteiger charge is 2.15. The van der Waals surface area contributed by atoms with Crippen molar-refractivity contribution in [3.05, 3.63) is 65.2 Å². The summed E-state index contributed by atoms with van der Waals surface area (Å²) in [5.41, 5.74) is 2.32. The molecule has 0 amide bonds. The van der Waals surface area contributed by atoms with Crippen LogP contribution in [0.5, 0.6) is 0 Å². The summed E-state index contributed by atoms with van der Waals surface area (Å²) < 4.78 is 0. The summed E-state index contributed by atoms with van der Waals surface area (Å²) in [5.74, 6) is 0. The Kier molecular flexibility index (Phi) is 4.41. The van der Waals surface area contributed by atoms with Crippen LogP contribution in [0.4, 0.5) is 5.69 Å². The predicted octanol–water partition coefficient (Wildman–Crippen LogP) is 3.50. The summed E-state index contributed by atoms with van der Waals surface area (Å²) in [4.78, 5) is 2.39. The quantitative estimate of drug-likeness (QED) is 0.808. The number of benzene rings is 2. The molecule has 2 aromatic carbocycles. The molecule has 2 aromatic rings. The van der Waals surface area contributed by atoms with Crippen LogP contribution in [0.2, 0.25) is 5.02 Å². The van der Waals surface area contributed by atoms with E-state index in [0.29, 0.717) is 0 Å². The Labute approximate surface area is 130 Å². The SMILES string of the molecule is Clc1cccc(/C=N\N2CCN(c3ccccc3)CC2)c1. The van der Waals surface area contributed by atoms with E-state index in [1.54, 1.807) is 0 Å². The molecule has 0 radical (unpaired) electrons. The standard InChI is InChI=1S/C17H18ClN3/c18-16-6-4-5-15(13-16)14-19-21-11-9-20(10-12-21)17-7-2-1-3-8-17/h1-8,13-14H,9-12H2/b19-14-. The fourth-order valence-corrected chi connectivity index (χ4v) is 2.64. The Morgan fingerprint density at radius 1 is 0.905 bits per heavy atom. The van der Waals surface area contributed by atoms with Crippen LogP contribution in [0, 0.1) is 0 Å². The second-order valence-corrected chi connectivity index (χ2v) is 5.51. The third-order valence-corrected chi connectivity index (χ3v) is 3.83. The Morgan fingerprint density at radius 2 is 1.67 bits per heavy atom. The molecule has 1 fully saturated rings. The number of hydrazone groups is 1. The van der Waals surface area contributed by atoms with E-state index in [4.69, 9.17) is 11.6 Å². The van der Waals surface area contributed by atoms with Crippen molar-refractivity contribution in [3.8, 4) is 0 Å². The van der Waals surface area contributed by atoms with Gasteiger partial charge in [0.1, 0.15) is 0 Å². The van der Waals surface area contributed by atoms with Crippen molar-refractivity contribution in [2.45, 2.75) is 0 Å². The highest BCUT2D eigenvalue weighted by Crippen LogP contribution is 2.15. The summed E-state index contributed by atoms with van der Waals surface area (Å²) in [6.07, 6.45) is 1.88. The fourth-order valence-electron chi connectivity index (χ4n) is 2.44. The summed E-state index contributed by atoms with van der Waals surface area (Å²) in [6, 6.07) is 18.3. The molecule has 0 atom stereocenters. The Balaban J connectivity index is 1.56. The maximum atomic E-state index is 5.97. The van der Waals surface area contributed by atoms with Gasteiger partial charge in [-0.25, -0.2) is 0 Å². The minimum atomic E-state index is 0.743. The summed E-state index contributed by atoms with van der Waals surface area (Å²) >= 11 is 5.97. The van der Waals surface area contributed by atoms with Gasteiger partial charge in [0.15, 0.2) is 0 Å². The molecule has 21 heavy (non-hydrogen) atoms. The molecule has 1 aliphatic rings. The van der Waals surface area contributed by atoms with Gasteiger partial charge in [-0.05, 0) is 29.8 Å². The number of hydrogen-bond donors (Lipinski definition) is 0. The lowest BCUT2D eigenvalue weighted by atomic mass is 10.2. The van der Waals surface area contributed by atoms with Crippen molar-refractivity contribution in [2.24, 2.45) is 5.10 Å². The smallest absolute Gasteiger partial charge is 0.0543 e. The Morgan fingerprint density at radius 3 is 2.38 bits per heavy atom. The first kappa shape index (κ1) is 14.0. The molecular weight excluding hydrogens is 282 g/mol. The van der Waals surface area contributed by atoms with Crippen LogP contribution in [-0.4, -0.2) is 37.4 Å². The molecule has 0 saturated carbocycles. The van der Waals surface area contributed by atoms with Crippen molar-refractivity contribution in [3.63, 3.8) is 0 Å². The molecule has 1 aliphatic heterocycles. The van der Waals surface area contributed by atoms with Gasteiger partial charge in [-0.15, -0.1) is 0 Å². The topological polar surface area (TPSA) is 18.8 Å². The third-order valence-electron chi connectivity index (χ3n) is 3.60. The number of piperazine rings is 1. The first-order valence-corrected chi connectivity index (χ1v) is 7.53. The van der Waals surface area contributed by atoms with E-state index in [0.717, 1.165) is 36.8 Å². The molecule has 0 aromatic heterocycles. The number of anilines is 1. The van der Waals surface area contributed by atoms with Crippen LogP contribution in [0.15, 0.2) is 59.7 Å². The lowest BCUT2D eigenvalue weighted by Crippen LogP contribution is -2.44. The number of para-hydroxylation sites is 1. The van der Waals surface area contributed by atoms with Gasteiger partial charge >= 0.3 is 0 Å². The van der Waals surface area contributed by atoms with E-state index in [1.165, 1.54) is 5.69 Å². The van der Waals surface area contributed by atoms with Crippen LogP contribution < -0.4 is 4.90 Å². The molecular formula is C17H18ClN3. The monoisotopic (exact) mass is 299 g/mol. The van der Waals surface area contributed by atoms with Gasteiger partial charge in [-0.2, -0.15) is 5.10 Å². The van der Waals surface area contributed by atoms with E-state index in [-0.39, 0.29) is 0 Å². The van der Waals surface area contributed by atoms with Crippen molar-refractivity contribution in [1.82, 2.24) is 5.01 Å². The normalized spacial score (nSPS) is 15.7.